The van der Waals surface area contributed by atoms with Crippen LogP contribution < -0.4 is 0 Å². The van der Waals surface area contributed by atoms with Gasteiger partial charge in [-0.25, -0.2) is 9.37 Å². The summed E-state index contributed by atoms with van der Waals surface area (Å²) >= 11 is 0. The lowest BCUT2D eigenvalue weighted by molar-refractivity contribution is -0.139. The molecule has 0 aliphatic carbocycles. The number of esters is 1. The number of halogens is 1. The van der Waals surface area contributed by atoms with E-state index in [-0.39, 0.29) is 18.2 Å². The van der Waals surface area contributed by atoms with Gasteiger partial charge in [0.05, 0.1) is 24.9 Å². The van der Waals surface area contributed by atoms with E-state index in [1.807, 2.05) is 34.9 Å². The van der Waals surface area contributed by atoms with E-state index in [0.29, 0.717) is 18.1 Å². The molecule has 1 heterocycles. The van der Waals surface area contributed by atoms with E-state index in [1.165, 1.54) is 19.2 Å². The van der Waals surface area contributed by atoms with Crippen molar-refractivity contribution in [3.05, 3.63) is 78.8 Å². The van der Waals surface area contributed by atoms with E-state index < -0.39 is 0 Å². The number of carbonyl (C=O) groups excluding carboxylic acids is 1. The maximum atomic E-state index is 13.3. The molecule has 5 heteroatoms. The quantitative estimate of drug-likeness (QED) is 0.493. The van der Waals surface area contributed by atoms with Crippen LogP contribution in [0.2, 0.25) is 0 Å². The highest BCUT2D eigenvalue weighted by Crippen LogP contribution is 2.31. The highest BCUT2D eigenvalue weighted by molar-refractivity contribution is 5.77. The zero-order valence-corrected chi connectivity index (χ0v) is 14.5. The number of ether oxygens (including phenoxy) is 1. The van der Waals surface area contributed by atoms with Gasteiger partial charge in [0.1, 0.15) is 11.6 Å². The Kier molecular flexibility index (Phi) is 5.27. The number of imidazole rings is 1. The van der Waals surface area contributed by atoms with Crippen molar-refractivity contribution in [2.45, 2.75) is 13.0 Å². The fourth-order valence-corrected chi connectivity index (χ4v) is 2.88. The van der Waals surface area contributed by atoms with Gasteiger partial charge in [0.2, 0.25) is 0 Å². The third-order valence-corrected chi connectivity index (χ3v) is 4.04. The number of methoxy groups -OCH3 is 1. The van der Waals surface area contributed by atoms with Gasteiger partial charge in [-0.05, 0) is 24.3 Å². The molecule has 0 aliphatic heterocycles. The molecule has 4 nitrogen and oxygen atoms in total. The second-order valence-corrected chi connectivity index (χ2v) is 5.76. The van der Waals surface area contributed by atoms with Gasteiger partial charge < -0.3 is 9.30 Å². The first-order valence-corrected chi connectivity index (χ1v) is 8.22. The zero-order valence-electron chi connectivity index (χ0n) is 14.5. The third-order valence-electron chi connectivity index (χ3n) is 4.04. The predicted molar refractivity (Wildman–Crippen MR) is 99.0 cm³/mol. The van der Waals surface area contributed by atoms with Crippen LogP contribution >= 0.6 is 0 Å². The maximum Gasteiger partial charge on any atom is 0.311 e. The molecule has 3 rings (SSSR count). The Morgan fingerprint density at radius 3 is 2.46 bits per heavy atom. The van der Waals surface area contributed by atoms with Crippen LogP contribution in [0.4, 0.5) is 4.39 Å². The van der Waals surface area contributed by atoms with Crippen molar-refractivity contribution in [1.82, 2.24) is 9.55 Å². The number of nitrogens with zero attached hydrogens (tertiary/aromatic N) is 2. The molecule has 0 saturated carbocycles. The molecule has 0 aliphatic rings. The molecule has 1 aromatic heterocycles. The monoisotopic (exact) mass is 350 g/mol. The first-order valence-electron chi connectivity index (χ1n) is 8.22. The minimum atomic E-state index is -0.365. The standard InChI is InChI=1S/C21H19FN2O2/c1-3-13-24-20(15-7-5-4-6-8-15)18(14-19(25)26-2)23-21(24)16-9-11-17(22)12-10-16/h3-12H,1,13-14H2,2H3. The van der Waals surface area contributed by atoms with Crippen LogP contribution in [0.5, 0.6) is 0 Å². The zero-order chi connectivity index (χ0) is 18.5. The molecule has 0 atom stereocenters. The lowest BCUT2D eigenvalue weighted by Gasteiger charge is -2.11. The summed E-state index contributed by atoms with van der Waals surface area (Å²) in [5.74, 6) is -0.0209. The first kappa shape index (κ1) is 17.6. The van der Waals surface area contributed by atoms with E-state index in [9.17, 15) is 9.18 Å². The topological polar surface area (TPSA) is 44.1 Å². The summed E-state index contributed by atoms with van der Waals surface area (Å²) in [6.45, 7) is 4.33. The Morgan fingerprint density at radius 1 is 1.15 bits per heavy atom. The first-order chi connectivity index (χ1) is 12.6. The van der Waals surface area contributed by atoms with Gasteiger partial charge in [0.25, 0.3) is 0 Å². The van der Waals surface area contributed by atoms with E-state index in [0.717, 1.165) is 16.8 Å². The van der Waals surface area contributed by atoms with Crippen LogP contribution in [-0.4, -0.2) is 22.6 Å². The molecule has 0 bridgehead atoms. The Labute approximate surface area is 151 Å². The second kappa shape index (κ2) is 7.78. The van der Waals surface area contributed by atoms with Crippen molar-refractivity contribution in [3.8, 4) is 22.6 Å². The molecule has 3 aromatic rings. The van der Waals surface area contributed by atoms with Gasteiger partial charge in [-0.3, -0.25) is 4.79 Å². The van der Waals surface area contributed by atoms with E-state index in [1.54, 1.807) is 18.2 Å². The number of rotatable bonds is 6. The average Bonchev–Trinajstić information content (AvgIpc) is 3.01. The highest BCUT2D eigenvalue weighted by atomic mass is 19.1. The smallest absolute Gasteiger partial charge is 0.311 e. The molecule has 0 spiro atoms. The predicted octanol–water partition coefficient (Wildman–Crippen LogP) is 4.26. The third kappa shape index (κ3) is 3.57. The molecule has 0 unspecified atom stereocenters. The van der Waals surface area contributed by atoms with Crippen LogP contribution in [-0.2, 0) is 22.5 Å². The van der Waals surface area contributed by atoms with Gasteiger partial charge in [0.15, 0.2) is 0 Å². The van der Waals surface area contributed by atoms with Crippen molar-refractivity contribution >= 4 is 5.97 Å². The Balaban J connectivity index is 2.22. The molecule has 132 valence electrons. The summed E-state index contributed by atoms with van der Waals surface area (Å²) in [6, 6.07) is 15.9. The van der Waals surface area contributed by atoms with Crippen molar-refractivity contribution in [2.75, 3.05) is 7.11 Å². The summed E-state index contributed by atoms with van der Waals surface area (Å²) in [5.41, 5.74) is 3.15. The maximum absolute atomic E-state index is 13.3. The lowest BCUT2D eigenvalue weighted by atomic mass is 10.1. The molecule has 0 N–H and O–H groups in total. The van der Waals surface area contributed by atoms with Crippen molar-refractivity contribution in [3.63, 3.8) is 0 Å². The van der Waals surface area contributed by atoms with E-state index >= 15 is 0 Å². The molecule has 0 radical (unpaired) electrons. The Hall–Kier alpha value is -3.21. The van der Waals surface area contributed by atoms with Gasteiger partial charge >= 0.3 is 5.97 Å². The van der Waals surface area contributed by atoms with Gasteiger partial charge in [-0.15, -0.1) is 6.58 Å². The van der Waals surface area contributed by atoms with Crippen molar-refractivity contribution in [1.29, 1.82) is 0 Å². The molecule has 0 fully saturated rings. The fraction of sp³-hybridized carbons (Fsp3) is 0.143. The minimum absolute atomic E-state index is 0.0546. The van der Waals surface area contributed by atoms with Crippen LogP contribution in [0.25, 0.3) is 22.6 Å². The number of benzene rings is 2. The van der Waals surface area contributed by atoms with E-state index in [4.69, 9.17) is 4.74 Å². The molecule has 0 saturated heterocycles. The summed E-state index contributed by atoms with van der Waals surface area (Å²) < 4.78 is 20.1. The number of hydrogen-bond donors (Lipinski definition) is 0. The normalized spacial score (nSPS) is 10.5. The molecule has 0 amide bonds. The molecular weight excluding hydrogens is 331 g/mol. The van der Waals surface area contributed by atoms with Gasteiger partial charge in [-0.2, -0.15) is 0 Å². The highest BCUT2D eigenvalue weighted by Gasteiger charge is 2.21. The van der Waals surface area contributed by atoms with Crippen LogP contribution in [0.1, 0.15) is 5.69 Å². The Bertz CT molecular complexity index is 915. The number of hydrogen-bond acceptors (Lipinski definition) is 3. The summed E-state index contributed by atoms with van der Waals surface area (Å²) in [4.78, 5) is 16.6. The molecule has 2 aromatic carbocycles. The molecular formula is C21H19FN2O2. The van der Waals surface area contributed by atoms with Crippen molar-refractivity contribution < 1.29 is 13.9 Å². The SMILES string of the molecule is C=CCn1c(-c2ccc(F)cc2)nc(CC(=O)OC)c1-c1ccccc1. The van der Waals surface area contributed by atoms with Crippen LogP contribution in [0.3, 0.4) is 0 Å². The largest absolute Gasteiger partial charge is 0.469 e. The lowest BCUT2D eigenvalue weighted by Crippen LogP contribution is -2.07. The van der Waals surface area contributed by atoms with Crippen molar-refractivity contribution in [2.24, 2.45) is 0 Å². The number of allylic oxidation sites excluding steroid dienone is 1. The number of aromatic nitrogens is 2. The average molecular weight is 350 g/mol. The minimum Gasteiger partial charge on any atom is -0.469 e. The fourth-order valence-electron chi connectivity index (χ4n) is 2.88. The van der Waals surface area contributed by atoms with Gasteiger partial charge in [0, 0.05) is 17.7 Å². The van der Waals surface area contributed by atoms with Crippen LogP contribution in [0, 0.1) is 5.82 Å². The summed E-state index contributed by atoms with van der Waals surface area (Å²) in [6.07, 6.45) is 1.82. The summed E-state index contributed by atoms with van der Waals surface area (Å²) in [7, 11) is 1.35. The van der Waals surface area contributed by atoms with Gasteiger partial charge in [-0.1, -0.05) is 36.4 Å². The van der Waals surface area contributed by atoms with E-state index in [2.05, 4.69) is 11.6 Å². The second-order valence-electron chi connectivity index (χ2n) is 5.76. The number of carbonyl (C=O) groups is 1. The van der Waals surface area contributed by atoms with Crippen LogP contribution in [0.15, 0.2) is 67.3 Å². The Morgan fingerprint density at radius 2 is 1.85 bits per heavy atom. The summed E-state index contributed by atoms with van der Waals surface area (Å²) in [5, 5.41) is 0. The molecule has 26 heavy (non-hydrogen) atoms.